The third-order valence-corrected chi connectivity index (χ3v) is 2.87. The number of rotatable bonds is 3. The fourth-order valence-electron chi connectivity index (χ4n) is 1.47. The minimum Gasteiger partial charge on any atom is -0.478 e. The van der Waals surface area contributed by atoms with Crippen molar-refractivity contribution in [2.75, 3.05) is 11.9 Å². The van der Waals surface area contributed by atoms with Crippen LogP contribution in [0.1, 0.15) is 19.4 Å². The highest BCUT2D eigenvalue weighted by molar-refractivity contribution is 6.09. The lowest BCUT2D eigenvalue weighted by Crippen LogP contribution is -2.28. The highest BCUT2D eigenvalue weighted by atomic mass is 16.4. The van der Waals surface area contributed by atoms with Crippen LogP contribution in [-0.2, 0) is 9.59 Å². The summed E-state index contributed by atoms with van der Waals surface area (Å²) in [7, 11) is 1.54. The molecule has 1 amide bonds. The van der Waals surface area contributed by atoms with Crippen molar-refractivity contribution >= 4 is 17.6 Å². The van der Waals surface area contributed by atoms with Gasteiger partial charge in [-0.15, -0.1) is 0 Å². The van der Waals surface area contributed by atoms with E-state index < -0.39 is 11.9 Å². The molecular formula is C14H14N2O3. The molecule has 0 aliphatic rings. The number of amides is 1. The van der Waals surface area contributed by atoms with E-state index in [9.17, 15) is 9.59 Å². The summed E-state index contributed by atoms with van der Waals surface area (Å²) in [6.45, 7) is 2.85. The number of nitriles is 1. The molecule has 1 aromatic carbocycles. The zero-order valence-corrected chi connectivity index (χ0v) is 11.0. The fraction of sp³-hybridized carbons (Fsp3) is 0.214. The van der Waals surface area contributed by atoms with Gasteiger partial charge >= 0.3 is 5.97 Å². The molecule has 0 unspecified atom stereocenters. The van der Waals surface area contributed by atoms with Gasteiger partial charge in [-0.25, -0.2) is 4.79 Å². The SMILES string of the molecule is CC(C(=O)O)=C(C)C(=O)N(C)c1cccc(C#N)c1. The molecule has 5 heteroatoms. The average molecular weight is 258 g/mol. The second-order valence-electron chi connectivity index (χ2n) is 4.08. The third kappa shape index (κ3) is 3.19. The number of carbonyl (C=O) groups excluding carboxylic acids is 1. The van der Waals surface area contributed by atoms with Gasteiger partial charge in [0.1, 0.15) is 0 Å². The number of anilines is 1. The molecule has 0 aliphatic heterocycles. The van der Waals surface area contributed by atoms with Crippen LogP contribution in [0.5, 0.6) is 0 Å². The molecule has 0 fully saturated rings. The number of carbonyl (C=O) groups is 2. The van der Waals surface area contributed by atoms with Gasteiger partial charge in [0.15, 0.2) is 0 Å². The maximum absolute atomic E-state index is 12.1. The topological polar surface area (TPSA) is 81.4 Å². The maximum atomic E-state index is 12.1. The summed E-state index contributed by atoms with van der Waals surface area (Å²) < 4.78 is 0. The highest BCUT2D eigenvalue weighted by Gasteiger charge is 2.17. The first-order valence-corrected chi connectivity index (χ1v) is 5.57. The predicted molar refractivity (Wildman–Crippen MR) is 70.6 cm³/mol. The Kier molecular flexibility index (Phi) is 4.43. The molecule has 1 rings (SSSR count). The van der Waals surface area contributed by atoms with Gasteiger partial charge in [-0.1, -0.05) is 6.07 Å². The van der Waals surface area contributed by atoms with Crippen LogP contribution in [-0.4, -0.2) is 24.0 Å². The van der Waals surface area contributed by atoms with Crippen LogP contribution < -0.4 is 4.90 Å². The first kappa shape index (κ1) is 14.5. The molecule has 0 spiro atoms. The predicted octanol–water partition coefficient (Wildman–Crippen LogP) is 1.94. The average Bonchev–Trinajstić information content (AvgIpc) is 2.43. The smallest absolute Gasteiger partial charge is 0.331 e. The van der Waals surface area contributed by atoms with E-state index in [1.54, 1.807) is 24.3 Å². The zero-order valence-electron chi connectivity index (χ0n) is 11.0. The maximum Gasteiger partial charge on any atom is 0.331 e. The monoisotopic (exact) mass is 258 g/mol. The fourth-order valence-corrected chi connectivity index (χ4v) is 1.47. The Morgan fingerprint density at radius 2 is 1.89 bits per heavy atom. The van der Waals surface area contributed by atoms with Crippen LogP contribution in [0.25, 0.3) is 0 Å². The number of hydrogen-bond donors (Lipinski definition) is 1. The Bertz CT molecular complexity index is 597. The van der Waals surface area contributed by atoms with Gasteiger partial charge in [0.05, 0.1) is 11.6 Å². The summed E-state index contributed by atoms with van der Waals surface area (Å²) in [4.78, 5) is 24.3. The molecule has 0 aromatic heterocycles. The van der Waals surface area contributed by atoms with Gasteiger partial charge in [0.2, 0.25) is 0 Å². The second kappa shape index (κ2) is 5.83. The van der Waals surface area contributed by atoms with E-state index in [0.29, 0.717) is 11.3 Å². The highest BCUT2D eigenvalue weighted by Crippen LogP contribution is 2.17. The lowest BCUT2D eigenvalue weighted by atomic mass is 10.1. The van der Waals surface area contributed by atoms with E-state index in [1.165, 1.54) is 25.8 Å². The number of hydrogen-bond acceptors (Lipinski definition) is 3. The van der Waals surface area contributed by atoms with Gasteiger partial charge < -0.3 is 10.0 Å². The van der Waals surface area contributed by atoms with E-state index >= 15 is 0 Å². The van der Waals surface area contributed by atoms with Gasteiger partial charge in [-0.05, 0) is 32.0 Å². The molecule has 1 aromatic rings. The van der Waals surface area contributed by atoms with E-state index in [2.05, 4.69) is 0 Å². The molecule has 0 atom stereocenters. The molecule has 0 radical (unpaired) electrons. The summed E-state index contributed by atoms with van der Waals surface area (Å²) in [5.74, 6) is -1.53. The summed E-state index contributed by atoms with van der Waals surface area (Å²) in [5, 5.41) is 17.7. The first-order chi connectivity index (χ1) is 8.88. The lowest BCUT2D eigenvalue weighted by molar-refractivity contribution is -0.133. The summed E-state index contributed by atoms with van der Waals surface area (Å²) >= 11 is 0. The third-order valence-electron chi connectivity index (χ3n) is 2.87. The zero-order chi connectivity index (χ0) is 14.6. The van der Waals surface area contributed by atoms with Crippen molar-refractivity contribution in [3.05, 3.63) is 41.0 Å². The first-order valence-electron chi connectivity index (χ1n) is 5.57. The lowest BCUT2D eigenvalue weighted by Gasteiger charge is -2.18. The van der Waals surface area contributed by atoms with Crippen molar-refractivity contribution in [3.63, 3.8) is 0 Å². The Morgan fingerprint density at radius 1 is 1.26 bits per heavy atom. The van der Waals surface area contributed by atoms with Gasteiger partial charge in [-0.2, -0.15) is 5.26 Å². The Hall–Kier alpha value is -2.61. The van der Waals surface area contributed by atoms with Gasteiger partial charge in [0, 0.05) is 23.9 Å². The number of carboxylic acids is 1. The van der Waals surface area contributed by atoms with Gasteiger partial charge in [0.25, 0.3) is 5.91 Å². The van der Waals surface area contributed by atoms with E-state index in [1.807, 2.05) is 6.07 Å². The second-order valence-corrected chi connectivity index (χ2v) is 4.08. The van der Waals surface area contributed by atoms with Crippen LogP contribution in [0.4, 0.5) is 5.69 Å². The standard InChI is InChI=1S/C14H14N2O3/c1-9(10(2)14(18)19)13(17)16(3)12-6-4-5-11(7-12)8-15/h4-7H,1-3H3,(H,18,19). The molecular weight excluding hydrogens is 244 g/mol. The quantitative estimate of drug-likeness (QED) is 0.840. The summed E-state index contributed by atoms with van der Waals surface area (Å²) in [6.07, 6.45) is 0. The van der Waals surface area contributed by atoms with Crippen LogP contribution in [0.2, 0.25) is 0 Å². The Labute approximate surface area is 111 Å². The molecule has 0 bridgehead atoms. The van der Waals surface area contributed by atoms with Crippen molar-refractivity contribution in [2.45, 2.75) is 13.8 Å². The Balaban J connectivity index is 3.10. The molecule has 5 nitrogen and oxygen atoms in total. The van der Waals surface area contributed by atoms with Crippen LogP contribution in [0.15, 0.2) is 35.4 Å². The number of aliphatic carboxylic acids is 1. The van der Waals surface area contributed by atoms with Crippen molar-refractivity contribution in [1.29, 1.82) is 5.26 Å². The summed E-state index contributed by atoms with van der Waals surface area (Å²) in [6, 6.07) is 8.54. The number of likely N-dealkylation sites (N-methyl/N-ethyl adjacent to an activating group) is 1. The summed E-state index contributed by atoms with van der Waals surface area (Å²) in [5.41, 5.74) is 1.15. The molecule has 0 saturated carbocycles. The number of carboxylic acid groups (broad SMARTS) is 1. The molecule has 0 heterocycles. The molecule has 0 saturated heterocycles. The number of benzene rings is 1. The molecule has 0 aliphatic carbocycles. The van der Waals surface area contributed by atoms with Crippen molar-refractivity contribution in [1.82, 2.24) is 0 Å². The number of nitrogens with zero attached hydrogens (tertiary/aromatic N) is 2. The molecule has 1 N–H and O–H groups in total. The minimum atomic E-state index is -1.12. The van der Waals surface area contributed by atoms with Crippen molar-refractivity contribution in [2.24, 2.45) is 0 Å². The molecule has 98 valence electrons. The minimum absolute atomic E-state index is 0.00767. The largest absolute Gasteiger partial charge is 0.478 e. The normalized spacial score (nSPS) is 11.3. The van der Waals surface area contributed by atoms with Crippen LogP contribution >= 0.6 is 0 Å². The Morgan fingerprint density at radius 3 is 2.42 bits per heavy atom. The van der Waals surface area contributed by atoms with Crippen molar-refractivity contribution in [3.8, 4) is 6.07 Å². The van der Waals surface area contributed by atoms with Gasteiger partial charge in [-0.3, -0.25) is 4.79 Å². The van der Waals surface area contributed by atoms with E-state index in [4.69, 9.17) is 10.4 Å². The van der Waals surface area contributed by atoms with Crippen LogP contribution in [0, 0.1) is 11.3 Å². The van der Waals surface area contributed by atoms with E-state index in [-0.39, 0.29) is 11.1 Å². The van der Waals surface area contributed by atoms with Crippen molar-refractivity contribution < 1.29 is 14.7 Å². The van der Waals surface area contributed by atoms with Crippen LogP contribution in [0.3, 0.4) is 0 Å². The van der Waals surface area contributed by atoms with E-state index in [0.717, 1.165) is 0 Å². The molecule has 19 heavy (non-hydrogen) atoms.